The molecular formula is C10H17N5O2. The fourth-order valence-corrected chi connectivity index (χ4v) is 1.02. The summed E-state index contributed by atoms with van der Waals surface area (Å²) in [5.74, 6) is 5.35. The summed E-state index contributed by atoms with van der Waals surface area (Å²) < 4.78 is 5.06. The zero-order valence-electron chi connectivity index (χ0n) is 10.2. The molecule has 0 radical (unpaired) electrons. The first kappa shape index (κ1) is 13.3. The lowest BCUT2D eigenvalue weighted by molar-refractivity contribution is 0.0634. The summed E-state index contributed by atoms with van der Waals surface area (Å²) >= 11 is 0. The quantitative estimate of drug-likeness (QED) is 0.532. The van der Waals surface area contributed by atoms with E-state index >= 15 is 0 Å². The van der Waals surface area contributed by atoms with Gasteiger partial charge in [0.1, 0.15) is 5.60 Å². The summed E-state index contributed by atoms with van der Waals surface area (Å²) in [7, 11) is 0. The van der Waals surface area contributed by atoms with Crippen molar-refractivity contribution in [2.75, 3.05) is 5.32 Å². The monoisotopic (exact) mass is 239 g/mol. The van der Waals surface area contributed by atoms with Crippen LogP contribution < -0.4 is 16.6 Å². The molecule has 0 unspecified atom stereocenters. The van der Waals surface area contributed by atoms with Crippen molar-refractivity contribution in [2.24, 2.45) is 5.84 Å². The Labute approximate surface area is 99.7 Å². The topological polar surface area (TPSA) is 102 Å². The average Bonchev–Trinajstić information content (AvgIpc) is 2.18. The van der Waals surface area contributed by atoms with Crippen molar-refractivity contribution in [3.05, 3.63) is 18.0 Å². The van der Waals surface area contributed by atoms with Gasteiger partial charge in [-0.3, -0.25) is 16.6 Å². The van der Waals surface area contributed by atoms with Gasteiger partial charge in [-0.05, 0) is 20.8 Å². The van der Waals surface area contributed by atoms with Crippen molar-refractivity contribution in [3.8, 4) is 0 Å². The molecule has 7 heteroatoms. The molecule has 7 nitrogen and oxygen atoms in total. The van der Waals surface area contributed by atoms with Crippen molar-refractivity contribution in [2.45, 2.75) is 32.9 Å². The van der Waals surface area contributed by atoms with Crippen LogP contribution in [0.15, 0.2) is 12.4 Å². The van der Waals surface area contributed by atoms with Crippen LogP contribution in [0.3, 0.4) is 0 Å². The van der Waals surface area contributed by atoms with E-state index in [0.29, 0.717) is 6.54 Å². The van der Waals surface area contributed by atoms with Crippen LogP contribution in [-0.4, -0.2) is 21.7 Å². The summed E-state index contributed by atoms with van der Waals surface area (Å²) in [6.07, 6.45) is 2.56. The lowest BCUT2D eigenvalue weighted by atomic mass is 10.2. The van der Waals surface area contributed by atoms with E-state index in [1.807, 2.05) is 0 Å². The standard InChI is InChI=1S/C10H17N5O2/c1-10(2,3)17-9(16)15-8-12-4-7(5-13-8)6-14-11/h4-5,14H,6,11H2,1-3H3,(H,12,13,15,16). The largest absolute Gasteiger partial charge is 0.444 e. The number of hydrazine groups is 1. The Bertz CT molecular complexity index is 371. The molecule has 17 heavy (non-hydrogen) atoms. The van der Waals surface area contributed by atoms with Crippen LogP contribution in [0.4, 0.5) is 10.7 Å². The minimum absolute atomic E-state index is 0.194. The number of amides is 1. The molecule has 1 rings (SSSR count). The van der Waals surface area contributed by atoms with Gasteiger partial charge in [0, 0.05) is 24.5 Å². The van der Waals surface area contributed by atoms with Gasteiger partial charge in [0.15, 0.2) is 0 Å². The third-order valence-corrected chi connectivity index (χ3v) is 1.62. The molecular weight excluding hydrogens is 222 g/mol. The lowest BCUT2D eigenvalue weighted by Crippen LogP contribution is -2.28. The summed E-state index contributed by atoms with van der Waals surface area (Å²) in [6, 6.07) is 0. The number of hydrogen-bond acceptors (Lipinski definition) is 6. The van der Waals surface area contributed by atoms with Gasteiger partial charge < -0.3 is 4.74 Å². The van der Waals surface area contributed by atoms with Crippen LogP contribution in [0, 0.1) is 0 Å². The van der Waals surface area contributed by atoms with Crippen LogP contribution in [0.25, 0.3) is 0 Å². The number of anilines is 1. The first-order valence-electron chi connectivity index (χ1n) is 5.15. The number of carbonyl (C=O) groups excluding carboxylic acids is 1. The van der Waals surface area contributed by atoms with Gasteiger partial charge >= 0.3 is 6.09 Å². The number of nitrogens with zero attached hydrogens (tertiary/aromatic N) is 2. The van der Waals surface area contributed by atoms with Crippen LogP contribution in [0.1, 0.15) is 26.3 Å². The second-order valence-corrected chi connectivity index (χ2v) is 4.42. The lowest BCUT2D eigenvalue weighted by Gasteiger charge is -2.19. The molecule has 0 saturated carbocycles. The van der Waals surface area contributed by atoms with E-state index in [4.69, 9.17) is 10.6 Å². The van der Waals surface area contributed by atoms with Gasteiger partial charge in [-0.25, -0.2) is 14.8 Å². The zero-order valence-corrected chi connectivity index (χ0v) is 10.2. The molecule has 0 atom stereocenters. The van der Waals surface area contributed by atoms with E-state index in [-0.39, 0.29) is 5.95 Å². The Hall–Kier alpha value is -1.73. The number of nitrogens with two attached hydrogens (primary N) is 1. The predicted octanol–water partition coefficient (Wildman–Crippen LogP) is 0.787. The highest BCUT2D eigenvalue weighted by atomic mass is 16.6. The fraction of sp³-hybridized carbons (Fsp3) is 0.500. The molecule has 1 amide bonds. The summed E-state index contributed by atoms with van der Waals surface area (Å²) in [5, 5.41) is 2.43. The smallest absolute Gasteiger partial charge is 0.414 e. The summed E-state index contributed by atoms with van der Waals surface area (Å²) in [5.41, 5.74) is 2.76. The van der Waals surface area contributed by atoms with Crippen molar-refractivity contribution in [1.29, 1.82) is 0 Å². The van der Waals surface area contributed by atoms with Gasteiger partial charge in [0.25, 0.3) is 0 Å². The summed E-state index contributed by atoms with van der Waals surface area (Å²) in [4.78, 5) is 19.3. The third-order valence-electron chi connectivity index (χ3n) is 1.62. The average molecular weight is 239 g/mol. The normalized spacial score (nSPS) is 11.1. The highest BCUT2D eigenvalue weighted by molar-refractivity contribution is 5.82. The molecule has 0 spiro atoms. The first-order valence-corrected chi connectivity index (χ1v) is 5.15. The van der Waals surface area contributed by atoms with Crippen molar-refractivity contribution < 1.29 is 9.53 Å². The minimum Gasteiger partial charge on any atom is -0.444 e. The molecule has 1 aromatic heterocycles. The SMILES string of the molecule is CC(C)(C)OC(=O)Nc1ncc(CNN)cn1. The molecule has 0 aliphatic carbocycles. The molecule has 94 valence electrons. The van der Waals surface area contributed by atoms with E-state index < -0.39 is 11.7 Å². The Kier molecular flexibility index (Phi) is 4.36. The number of aromatic nitrogens is 2. The van der Waals surface area contributed by atoms with E-state index in [0.717, 1.165) is 5.56 Å². The van der Waals surface area contributed by atoms with Crippen LogP contribution in [-0.2, 0) is 11.3 Å². The number of rotatable bonds is 3. The van der Waals surface area contributed by atoms with Gasteiger partial charge in [-0.1, -0.05) is 0 Å². The molecule has 0 fully saturated rings. The molecule has 0 bridgehead atoms. The fourth-order valence-electron chi connectivity index (χ4n) is 1.02. The molecule has 4 N–H and O–H groups in total. The molecule has 0 aromatic carbocycles. The zero-order chi connectivity index (χ0) is 12.9. The Morgan fingerprint density at radius 1 is 1.41 bits per heavy atom. The summed E-state index contributed by atoms with van der Waals surface area (Å²) in [6.45, 7) is 5.81. The molecule has 1 heterocycles. The van der Waals surface area contributed by atoms with Crippen LogP contribution in [0.5, 0.6) is 0 Å². The van der Waals surface area contributed by atoms with E-state index in [2.05, 4.69) is 20.7 Å². The Morgan fingerprint density at radius 3 is 2.47 bits per heavy atom. The van der Waals surface area contributed by atoms with Crippen molar-refractivity contribution in [3.63, 3.8) is 0 Å². The maximum absolute atomic E-state index is 11.4. The Morgan fingerprint density at radius 2 is 2.00 bits per heavy atom. The van der Waals surface area contributed by atoms with Crippen LogP contribution >= 0.6 is 0 Å². The molecule has 0 aliphatic heterocycles. The van der Waals surface area contributed by atoms with Crippen molar-refractivity contribution >= 4 is 12.0 Å². The Balaban J connectivity index is 2.54. The van der Waals surface area contributed by atoms with E-state index in [9.17, 15) is 4.79 Å². The van der Waals surface area contributed by atoms with Gasteiger partial charge in [-0.2, -0.15) is 0 Å². The maximum atomic E-state index is 11.4. The molecule has 1 aromatic rings. The number of ether oxygens (including phenoxy) is 1. The third kappa shape index (κ3) is 5.23. The highest BCUT2D eigenvalue weighted by Gasteiger charge is 2.16. The second-order valence-electron chi connectivity index (χ2n) is 4.42. The van der Waals surface area contributed by atoms with Crippen molar-refractivity contribution in [1.82, 2.24) is 15.4 Å². The van der Waals surface area contributed by atoms with Gasteiger partial charge in [0.2, 0.25) is 5.95 Å². The maximum Gasteiger partial charge on any atom is 0.414 e. The molecule has 0 saturated heterocycles. The first-order chi connectivity index (χ1) is 7.90. The number of hydrogen-bond donors (Lipinski definition) is 3. The minimum atomic E-state index is -0.581. The van der Waals surface area contributed by atoms with Gasteiger partial charge in [-0.15, -0.1) is 0 Å². The van der Waals surface area contributed by atoms with E-state index in [1.165, 1.54) is 0 Å². The van der Waals surface area contributed by atoms with Crippen LogP contribution in [0.2, 0.25) is 0 Å². The highest BCUT2D eigenvalue weighted by Crippen LogP contribution is 2.08. The number of nitrogens with one attached hydrogen (secondary N) is 2. The molecule has 0 aliphatic rings. The van der Waals surface area contributed by atoms with Gasteiger partial charge in [0.05, 0.1) is 0 Å². The second kappa shape index (κ2) is 5.55. The van der Waals surface area contributed by atoms with E-state index in [1.54, 1.807) is 33.2 Å². The number of carbonyl (C=O) groups is 1. The predicted molar refractivity (Wildman–Crippen MR) is 62.9 cm³/mol.